The van der Waals surface area contributed by atoms with E-state index in [1.807, 2.05) is 0 Å². The third kappa shape index (κ3) is 3.76. The summed E-state index contributed by atoms with van der Waals surface area (Å²) in [6.07, 6.45) is 0. The van der Waals surface area contributed by atoms with Gasteiger partial charge in [0.1, 0.15) is 0 Å². The number of aromatic nitrogens is 1. The number of halogens is 1. The van der Waals surface area contributed by atoms with Crippen LogP contribution in [0.5, 0.6) is 0 Å². The lowest BCUT2D eigenvalue weighted by molar-refractivity contribution is 1.19. The van der Waals surface area contributed by atoms with Gasteiger partial charge in [-0.25, -0.2) is 0 Å². The Balaban J connectivity index is 1.38. The van der Waals surface area contributed by atoms with Crippen LogP contribution in [-0.4, -0.2) is 4.57 Å². The molecule has 0 N–H and O–H groups in total. The molecule has 0 aliphatic rings. The summed E-state index contributed by atoms with van der Waals surface area (Å²) in [4.78, 5) is 0. The van der Waals surface area contributed by atoms with Crippen LogP contribution in [0.15, 0.2) is 150 Å². The Morgan fingerprint density at radius 2 is 1.07 bits per heavy atom. The molecule has 188 valence electrons. The third-order valence-corrected chi connectivity index (χ3v) is 8.55. The van der Waals surface area contributed by atoms with Crippen molar-refractivity contribution in [2.24, 2.45) is 0 Å². The zero-order valence-electron chi connectivity index (χ0n) is 21.7. The van der Waals surface area contributed by atoms with E-state index >= 15 is 0 Å². The van der Waals surface area contributed by atoms with Crippen molar-refractivity contribution in [2.45, 2.75) is 0 Å². The Bertz CT molecular complexity index is 2220. The number of hydrogen-bond acceptors (Lipinski definition) is 0. The van der Waals surface area contributed by atoms with E-state index < -0.39 is 0 Å². The van der Waals surface area contributed by atoms with Gasteiger partial charge in [-0.3, -0.25) is 0 Å². The zero-order valence-corrected chi connectivity index (χ0v) is 23.3. The molecule has 0 spiro atoms. The van der Waals surface area contributed by atoms with Gasteiger partial charge in [0.25, 0.3) is 0 Å². The smallest absolute Gasteiger partial charge is 0.0619 e. The van der Waals surface area contributed by atoms with E-state index in [9.17, 15) is 0 Å². The Labute approximate surface area is 241 Å². The topological polar surface area (TPSA) is 4.93 Å². The van der Waals surface area contributed by atoms with Gasteiger partial charge in [0, 0.05) is 26.3 Å². The van der Waals surface area contributed by atoms with Crippen molar-refractivity contribution in [1.29, 1.82) is 0 Å². The molecule has 0 saturated heterocycles. The van der Waals surface area contributed by atoms with Gasteiger partial charge in [-0.15, -0.1) is 0 Å². The monoisotopic (exact) mass is 573 g/mol. The first kappa shape index (κ1) is 23.2. The van der Waals surface area contributed by atoms with E-state index in [1.54, 1.807) is 0 Å². The van der Waals surface area contributed by atoms with Crippen LogP contribution >= 0.6 is 15.9 Å². The minimum absolute atomic E-state index is 1.09. The predicted molar refractivity (Wildman–Crippen MR) is 174 cm³/mol. The molecule has 0 radical (unpaired) electrons. The molecule has 0 aliphatic carbocycles. The first-order valence-corrected chi connectivity index (χ1v) is 14.3. The first-order chi connectivity index (χ1) is 19.7. The van der Waals surface area contributed by atoms with Gasteiger partial charge in [-0.05, 0) is 80.9 Å². The summed E-state index contributed by atoms with van der Waals surface area (Å²) in [6.45, 7) is 0. The molecule has 0 amide bonds. The Morgan fingerprint density at radius 3 is 1.93 bits per heavy atom. The maximum absolute atomic E-state index is 3.56. The van der Waals surface area contributed by atoms with Crippen molar-refractivity contribution in [3.05, 3.63) is 150 Å². The van der Waals surface area contributed by atoms with Crippen molar-refractivity contribution < 1.29 is 0 Å². The highest BCUT2D eigenvalue weighted by Gasteiger charge is 2.16. The minimum atomic E-state index is 1.09. The highest BCUT2D eigenvalue weighted by molar-refractivity contribution is 9.10. The molecule has 0 saturated carbocycles. The number of nitrogens with zero attached hydrogens (tertiary/aromatic N) is 1. The second-order valence-electron chi connectivity index (χ2n) is 10.4. The molecule has 40 heavy (non-hydrogen) atoms. The van der Waals surface area contributed by atoms with Crippen LogP contribution in [0.25, 0.3) is 71.3 Å². The van der Waals surface area contributed by atoms with Crippen LogP contribution < -0.4 is 0 Å². The fourth-order valence-corrected chi connectivity index (χ4v) is 6.33. The molecule has 0 unspecified atom stereocenters. The van der Waals surface area contributed by atoms with Crippen molar-refractivity contribution in [3.63, 3.8) is 0 Å². The summed E-state index contributed by atoms with van der Waals surface area (Å²) in [5.41, 5.74) is 8.52. The van der Waals surface area contributed by atoms with E-state index in [2.05, 4.69) is 166 Å². The lowest BCUT2D eigenvalue weighted by Crippen LogP contribution is -1.94. The minimum Gasteiger partial charge on any atom is -0.309 e. The molecule has 1 nitrogen and oxygen atoms in total. The normalized spacial score (nSPS) is 11.6. The second-order valence-corrected chi connectivity index (χ2v) is 11.3. The van der Waals surface area contributed by atoms with Gasteiger partial charge < -0.3 is 4.57 Å². The molecule has 7 aromatic carbocycles. The SMILES string of the molecule is Brc1ccc(-c2cccc(-c3ccc4c(c3)c3ccc5ccccc5c3n4-c3ccc4ccccc4c3)c2)cc1. The summed E-state index contributed by atoms with van der Waals surface area (Å²) in [5.74, 6) is 0. The van der Waals surface area contributed by atoms with Gasteiger partial charge in [-0.2, -0.15) is 0 Å². The predicted octanol–water partition coefficient (Wildman–Crippen LogP) is 11.2. The summed E-state index contributed by atoms with van der Waals surface area (Å²) in [6, 6.07) is 52.9. The van der Waals surface area contributed by atoms with Crippen LogP contribution in [0.1, 0.15) is 0 Å². The van der Waals surface area contributed by atoms with E-state index in [0.717, 1.165) is 4.47 Å². The van der Waals surface area contributed by atoms with Crippen molar-refractivity contribution in [1.82, 2.24) is 4.57 Å². The highest BCUT2D eigenvalue weighted by atomic mass is 79.9. The van der Waals surface area contributed by atoms with Crippen LogP contribution in [0.2, 0.25) is 0 Å². The number of fused-ring (bicyclic) bond motifs is 6. The largest absolute Gasteiger partial charge is 0.309 e. The van der Waals surface area contributed by atoms with Gasteiger partial charge in [0.15, 0.2) is 0 Å². The molecule has 8 rings (SSSR count). The molecule has 0 atom stereocenters. The van der Waals surface area contributed by atoms with Crippen molar-refractivity contribution in [2.75, 3.05) is 0 Å². The number of rotatable bonds is 3. The molecule has 2 heteroatoms. The number of benzene rings is 7. The van der Waals surface area contributed by atoms with Gasteiger partial charge in [0.2, 0.25) is 0 Å². The standard InChI is InChI=1S/C38H24BrN/c39-32-17-12-26(13-18-32)28-9-5-10-29(22-28)31-16-21-37-36(24-31)35-20-15-27-7-3-4-11-34(27)38(35)40(37)33-19-14-25-6-1-2-8-30(25)23-33/h1-24H. The van der Waals surface area contributed by atoms with Gasteiger partial charge in [-0.1, -0.05) is 119 Å². The molecule has 0 bridgehead atoms. The quantitative estimate of drug-likeness (QED) is 0.198. The Kier molecular flexibility index (Phi) is 5.36. The highest BCUT2D eigenvalue weighted by Crippen LogP contribution is 2.39. The van der Waals surface area contributed by atoms with Gasteiger partial charge >= 0.3 is 0 Å². The second kappa shape index (κ2) is 9.22. The molecule has 8 aromatic rings. The van der Waals surface area contributed by atoms with E-state index in [4.69, 9.17) is 0 Å². The van der Waals surface area contributed by atoms with Crippen LogP contribution in [0.3, 0.4) is 0 Å². The zero-order chi connectivity index (χ0) is 26.6. The summed E-state index contributed by atoms with van der Waals surface area (Å²) in [5, 5.41) is 7.56. The molecular weight excluding hydrogens is 550 g/mol. The fraction of sp³-hybridized carbons (Fsp3) is 0. The summed E-state index contributed by atoms with van der Waals surface area (Å²) >= 11 is 3.56. The maximum atomic E-state index is 3.56. The van der Waals surface area contributed by atoms with E-state index in [0.29, 0.717) is 0 Å². The number of hydrogen-bond donors (Lipinski definition) is 0. The molecule has 0 fully saturated rings. The lowest BCUT2D eigenvalue weighted by Gasteiger charge is -2.11. The maximum Gasteiger partial charge on any atom is 0.0619 e. The lowest BCUT2D eigenvalue weighted by atomic mass is 9.98. The van der Waals surface area contributed by atoms with Crippen LogP contribution in [0, 0.1) is 0 Å². The molecule has 0 aliphatic heterocycles. The molecule has 1 aromatic heterocycles. The van der Waals surface area contributed by atoms with Crippen LogP contribution in [0.4, 0.5) is 0 Å². The summed E-state index contributed by atoms with van der Waals surface area (Å²) < 4.78 is 3.54. The average molecular weight is 575 g/mol. The Morgan fingerprint density at radius 1 is 0.400 bits per heavy atom. The summed E-state index contributed by atoms with van der Waals surface area (Å²) in [7, 11) is 0. The van der Waals surface area contributed by atoms with Crippen molar-refractivity contribution >= 4 is 59.3 Å². The van der Waals surface area contributed by atoms with Crippen molar-refractivity contribution in [3.8, 4) is 27.9 Å². The average Bonchev–Trinajstić information content (AvgIpc) is 3.35. The molecular formula is C38H24BrN. The van der Waals surface area contributed by atoms with E-state index in [-0.39, 0.29) is 0 Å². The van der Waals surface area contributed by atoms with Crippen LogP contribution in [-0.2, 0) is 0 Å². The third-order valence-electron chi connectivity index (χ3n) is 8.02. The Hall–Kier alpha value is -4.66. The van der Waals surface area contributed by atoms with E-state index in [1.165, 1.54) is 71.3 Å². The fourth-order valence-electron chi connectivity index (χ4n) is 6.06. The van der Waals surface area contributed by atoms with Gasteiger partial charge in [0.05, 0.1) is 11.0 Å². The molecule has 1 heterocycles. The first-order valence-electron chi connectivity index (χ1n) is 13.5.